The van der Waals surface area contributed by atoms with Crippen LogP contribution in [0.3, 0.4) is 0 Å². The summed E-state index contributed by atoms with van der Waals surface area (Å²) >= 11 is 0. The van der Waals surface area contributed by atoms with Crippen molar-refractivity contribution in [1.82, 2.24) is 5.32 Å². The molecule has 1 fully saturated rings. The van der Waals surface area contributed by atoms with Gasteiger partial charge in [-0.15, -0.1) is 0 Å². The first-order valence-corrected chi connectivity index (χ1v) is 6.92. The summed E-state index contributed by atoms with van der Waals surface area (Å²) in [6, 6.07) is 7.66. The summed E-state index contributed by atoms with van der Waals surface area (Å²) in [4.78, 5) is 0. The average Bonchev–Trinajstić information content (AvgIpc) is 2.34. The summed E-state index contributed by atoms with van der Waals surface area (Å²) in [5, 5.41) is 3.41. The van der Waals surface area contributed by atoms with Crippen molar-refractivity contribution in [2.75, 3.05) is 7.05 Å². The summed E-state index contributed by atoms with van der Waals surface area (Å²) in [5.74, 6) is 0.904. The highest BCUT2D eigenvalue weighted by Gasteiger charge is 2.20. The molecule has 1 N–H and O–H groups in total. The van der Waals surface area contributed by atoms with Gasteiger partial charge in [-0.2, -0.15) is 0 Å². The summed E-state index contributed by atoms with van der Waals surface area (Å²) in [5.41, 5.74) is 4.41. The van der Waals surface area contributed by atoms with E-state index in [9.17, 15) is 0 Å². The van der Waals surface area contributed by atoms with Crippen LogP contribution in [0.4, 0.5) is 0 Å². The average molecular weight is 231 g/mol. The Bertz CT molecular complexity index is 362. The fourth-order valence-corrected chi connectivity index (χ4v) is 3.04. The largest absolute Gasteiger partial charge is 0.317 e. The molecule has 1 aromatic carbocycles. The zero-order valence-electron chi connectivity index (χ0n) is 11.4. The molecule has 0 spiro atoms. The van der Waals surface area contributed by atoms with E-state index in [0.717, 1.165) is 12.0 Å². The number of aryl methyl sites for hydroxylation is 2. The second-order valence-electron chi connectivity index (χ2n) is 5.64. The SMILES string of the molecule is CNC1CCC(Cc2ccc(C)cc2C)CC1. The number of rotatable bonds is 3. The molecule has 0 heterocycles. The third-order valence-electron chi connectivity index (χ3n) is 4.26. The van der Waals surface area contributed by atoms with Gasteiger partial charge in [0, 0.05) is 6.04 Å². The zero-order valence-corrected chi connectivity index (χ0v) is 11.4. The number of hydrogen-bond acceptors (Lipinski definition) is 1. The highest BCUT2D eigenvalue weighted by atomic mass is 14.9. The molecule has 2 rings (SSSR count). The van der Waals surface area contributed by atoms with Gasteiger partial charge >= 0.3 is 0 Å². The van der Waals surface area contributed by atoms with E-state index in [2.05, 4.69) is 44.4 Å². The smallest absolute Gasteiger partial charge is 0.00642 e. The lowest BCUT2D eigenvalue weighted by Crippen LogP contribution is -2.30. The molecule has 1 aliphatic rings. The molecule has 0 aromatic heterocycles. The highest BCUT2D eigenvalue weighted by molar-refractivity contribution is 5.30. The zero-order chi connectivity index (χ0) is 12.3. The van der Waals surface area contributed by atoms with Crippen molar-refractivity contribution >= 4 is 0 Å². The molecule has 1 heteroatoms. The first-order chi connectivity index (χ1) is 8.19. The molecule has 0 bridgehead atoms. The van der Waals surface area contributed by atoms with E-state index in [4.69, 9.17) is 0 Å². The highest BCUT2D eigenvalue weighted by Crippen LogP contribution is 2.28. The van der Waals surface area contributed by atoms with Crippen LogP contribution in [0, 0.1) is 19.8 Å². The van der Waals surface area contributed by atoms with Crippen LogP contribution >= 0.6 is 0 Å². The third kappa shape index (κ3) is 3.32. The standard InChI is InChI=1S/C16H25N/c1-12-4-7-15(13(2)10-12)11-14-5-8-16(17-3)9-6-14/h4,7,10,14,16-17H,5-6,8-9,11H2,1-3H3. The van der Waals surface area contributed by atoms with E-state index in [1.807, 2.05) is 0 Å². The van der Waals surface area contributed by atoms with Crippen LogP contribution < -0.4 is 5.32 Å². The predicted molar refractivity (Wildman–Crippen MR) is 74.4 cm³/mol. The topological polar surface area (TPSA) is 12.0 Å². The monoisotopic (exact) mass is 231 g/mol. The lowest BCUT2D eigenvalue weighted by molar-refractivity contribution is 0.300. The van der Waals surface area contributed by atoms with E-state index < -0.39 is 0 Å². The lowest BCUT2D eigenvalue weighted by atomic mass is 9.81. The Morgan fingerprint density at radius 3 is 2.41 bits per heavy atom. The van der Waals surface area contributed by atoms with Crippen LogP contribution in [0.5, 0.6) is 0 Å². The Morgan fingerprint density at radius 2 is 1.82 bits per heavy atom. The van der Waals surface area contributed by atoms with Gasteiger partial charge in [0.05, 0.1) is 0 Å². The predicted octanol–water partition coefficient (Wildman–Crippen LogP) is 3.62. The fourth-order valence-electron chi connectivity index (χ4n) is 3.04. The molecule has 0 atom stereocenters. The van der Waals surface area contributed by atoms with Gasteiger partial charge in [0.1, 0.15) is 0 Å². The first-order valence-electron chi connectivity index (χ1n) is 6.92. The molecular weight excluding hydrogens is 206 g/mol. The summed E-state index contributed by atoms with van der Waals surface area (Å²) in [6.07, 6.45) is 6.76. The molecule has 1 aliphatic carbocycles. The van der Waals surface area contributed by atoms with Crippen molar-refractivity contribution in [3.8, 4) is 0 Å². The van der Waals surface area contributed by atoms with Gasteiger partial charge in [0.2, 0.25) is 0 Å². The minimum atomic E-state index is 0.769. The van der Waals surface area contributed by atoms with Gasteiger partial charge < -0.3 is 5.32 Å². The first kappa shape index (κ1) is 12.6. The molecule has 1 nitrogen and oxygen atoms in total. The van der Waals surface area contributed by atoms with Gasteiger partial charge in [0.15, 0.2) is 0 Å². The number of benzene rings is 1. The third-order valence-corrected chi connectivity index (χ3v) is 4.26. The maximum atomic E-state index is 3.41. The fraction of sp³-hybridized carbons (Fsp3) is 0.625. The van der Waals surface area contributed by atoms with Crippen molar-refractivity contribution in [3.63, 3.8) is 0 Å². The quantitative estimate of drug-likeness (QED) is 0.837. The van der Waals surface area contributed by atoms with Gasteiger partial charge in [-0.05, 0) is 70.0 Å². The van der Waals surface area contributed by atoms with Crippen molar-refractivity contribution in [3.05, 3.63) is 34.9 Å². The maximum absolute atomic E-state index is 3.41. The lowest BCUT2D eigenvalue weighted by Gasteiger charge is -2.28. The van der Waals surface area contributed by atoms with Crippen molar-refractivity contribution in [2.45, 2.75) is 52.0 Å². The molecule has 0 unspecified atom stereocenters. The Balaban J connectivity index is 1.93. The van der Waals surface area contributed by atoms with E-state index in [1.165, 1.54) is 43.2 Å². The van der Waals surface area contributed by atoms with Crippen molar-refractivity contribution in [2.24, 2.45) is 5.92 Å². The Kier molecular flexibility index (Phi) is 4.22. The molecule has 0 aliphatic heterocycles. The molecule has 17 heavy (non-hydrogen) atoms. The minimum Gasteiger partial charge on any atom is -0.317 e. The minimum absolute atomic E-state index is 0.769. The van der Waals surface area contributed by atoms with Crippen LogP contribution in [0.25, 0.3) is 0 Å². The van der Waals surface area contributed by atoms with Gasteiger partial charge in [-0.25, -0.2) is 0 Å². The van der Waals surface area contributed by atoms with Gasteiger partial charge in [-0.1, -0.05) is 23.8 Å². The van der Waals surface area contributed by atoms with Crippen LogP contribution in [0.2, 0.25) is 0 Å². The van der Waals surface area contributed by atoms with Crippen molar-refractivity contribution < 1.29 is 0 Å². The Hall–Kier alpha value is -0.820. The van der Waals surface area contributed by atoms with E-state index in [1.54, 1.807) is 5.56 Å². The second kappa shape index (κ2) is 5.68. The molecule has 1 aromatic rings. The van der Waals surface area contributed by atoms with Crippen LogP contribution in [-0.2, 0) is 6.42 Å². The second-order valence-corrected chi connectivity index (χ2v) is 5.64. The molecule has 0 radical (unpaired) electrons. The van der Waals surface area contributed by atoms with Crippen LogP contribution in [-0.4, -0.2) is 13.1 Å². The van der Waals surface area contributed by atoms with Gasteiger partial charge in [0.25, 0.3) is 0 Å². The Morgan fingerprint density at radius 1 is 1.12 bits per heavy atom. The van der Waals surface area contributed by atoms with Crippen LogP contribution in [0.1, 0.15) is 42.4 Å². The van der Waals surface area contributed by atoms with Gasteiger partial charge in [-0.3, -0.25) is 0 Å². The molecule has 94 valence electrons. The molecule has 0 saturated heterocycles. The van der Waals surface area contributed by atoms with E-state index in [-0.39, 0.29) is 0 Å². The normalized spacial score (nSPS) is 24.9. The van der Waals surface area contributed by atoms with Crippen molar-refractivity contribution in [1.29, 1.82) is 0 Å². The maximum Gasteiger partial charge on any atom is 0.00642 e. The number of hydrogen-bond donors (Lipinski definition) is 1. The molecular formula is C16H25N. The Labute approximate surface area is 106 Å². The molecule has 0 amide bonds. The summed E-state index contributed by atoms with van der Waals surface area (Å²) in [7, 11) is 2.09. The molecule has 1 saturated carbocycles. The van der Waals surface area contributed by atoms with Crippen LogP contribution in [0.15, 0.2) is 18.2 Å². The number of nitrogens with one attached hydrogen (secondary N) is 1. The summed E-state index contributed by atoms with van der Waals surface area (Å²) in [6.45, 7) is 4.43. The van der Waals surface area contributed by atoms with E-state index >= 15 is 0 Å². The summed E-state index contributed by atoms with van der Waals surface area (Å²) < 4.78 is 0. The van der Waals surface area contributed by atoms with E-state index in [0.29, 0.717) is 0 Å².